The van der Waals surface area contributed by atoms with Crippen molar-refractivity contribution in [1.29, 1.82) is 0 Å². The third-order valence-electron chi connectivity index (χ3n) is 3.96. The van der Waals surface area contributed by atoms with Gasteiger partial charge >= 0.3 is 13.4 Å². The van der Waals surface area contributed by atoms with Crippen molar-refractivity contribution in [2.45, 2.75) is 117 Å². The van der Waals surface area contributed by atoms with E-state index in [0.29, 0.717) is 0 Å². The minimum absolute atomic E-state index is 0. The van der Waals surface area contributed by atoms with Crippen LogP contribution in [0.5, 0.6) is 0 Å². The van der Waals surface area contributed by atoms with Crippen molar-refractivity contribution >= 4 is 37.1 Å². The number of hydrogen-bond acceptors (Lipinski definition) is 2. The molecule has 185 valence electrons. The van der Waals surface area contributed by atoms with Crippen molar-refractivity contribution in [2.75, 3.05) is 0 Å². The van der Waals surface area contributed by atoms with Crippen LogP contribution in [-0.4, -0.2) is 29.4 Å². The summed E-state index contributed by atoms with van der Waals surface area (Å²) in [7, 11) is 0. The van der Waals surface area contributed by atoms with Gasteiger partial charge in [-0.05, 0) is 23.6 Å². The zero-order chi connectivity index (χ0) is 22.3. The van der Waals surface area contributed by atoms with Crippen molar-refractivity contribution in [3.8, 4) is 0 Å². The first-order valence-corrected chi connectivity index (χ1v) is 15.8. The number of rotatable bonds is 15. The second kappa shape index (κ2) is 27.6. The van der Waals surface area contributed by atoms with Crippen LogP contribution in [0.4, 0.5) is 0 Å². The Bertz CT molecular complexity index is 342. The van der Waals surface area contributed by atoms with Crippen LogP contribution in [0, 0.1) is 0 Å². The van der Waals surface area contributed by atoms with Gasteiger partial charge in [-0.15, -0.1) is 0 Å². The van der Waals surface area contributed by atoms with Crippen molar-refractivity contribution < 1.29 is 46.4 Å². The predicted molar refractivity (Wildman–Crippen MR) is 127 cm³/mol. The van der Waals surface area contributed by atoms with E-state index in [4.69, 9.17) is 29.4 Å². The molecule has 29 heavy (non-hydrogen) atoms. The molecular formula is C18H44CuO6P2S2. The molecule has 0 fully saturated rings. The average Bonchev–Trinajstić information content (AvgIpc) is 2.52. The molecule has 0 aliphatic heterocycles. The topological polar surface area (TPSA) is 121 Å². The molecule has 0 aliphatic rings. The van der Waals surface area contributed by atoms with Gasteiger partial charge in [-0.2, -0.15) is 0 Å². The molecule has 0 saturated carbocycles. The van der Waals surface area contributed by atoms with Crippen molar-refractivity contribution in [3.05, 3.63) is 0 Å². The first kappa shape index (κ1) is 37.9. The summed E-state index contributed by atoms with van der Waals surface area (Å²) in [5.74, 6) is 0. The Morgan fingerprint density at radius 3 is 0.621 bits per heavy atom. The summed E-state index contributed by atoms with van der Waals surface area (Å²) in [5, 5.41) is 0. The third-order valence-corrected chi connectivity index (χ3v) is 3.96. The Balaban J connectivity index is -0.000000235. The van der Waals surface area contributed by atoms with E-state index in [0.717, 1.165) is 0 Å². The number of hydrogen-bond donors (Lipinski definition) is 6. The van der Waals surface area contributed by atoms with Gasteiger partial charge in [0.25, 0.3) is 0 Å². The molecule has 0 aromatic carbocycles. The minimum atomic E-state index is -3.81. The van der Waals surface area contributed by atoms with Gasteiger partial charge in [0.05, 0.1) is 0 Å². The molecule has 0 heterocycles. The Kier molecular flexibility index (Phi) is 36.1. The molecule has 6 nitrogen and oxygen atoms in total. The monoisotopic (exact) mass is 545 g/mol. The molecule has 0 bridgehead atoms. The maximum Gasteiger partial charge on any atom is 0.319 e. The van der Waals surface area contributed by atoms with E-state index in [1.165, 1.54) is 103 Å². The molecule has 1 radical (unpaired) electrons. The standard InChI is InChI=1S/C18H38.Cu.2H3O3PS/c1-3-5-7-9-11-13-15-17-18-16-14-12-10-8-6-4-2;;2*1-4(2,3)5/h3-18H2,1-2H3;;2*(H3,1,2,3,5). The van der Waals surface area contributed by atoms with Crippen molar-refractivity contribution in [3.63, 3.8) is 0 Å². The van der Waals surface area contributed by atoms with Gasteiger partial charge in [0.1, 0.15) is 0 Å². The van der Waals surface area contributed by atoms with Crippen LogP contribution in [0.1, 0.15) is 117 Å². The first-order chi connectivity index (χ1) is 12.9. The second-order valence-corrected chi connectivity index (χ2v) is 12.0. The van der Waals surface area contributed by atoms with E-state index < -0.39 is 13.4 Å². The van der Waals surface area contributed by atoms with Crippen molar-refractivity contribution in [1.82, 2.24) is 0 Å². The van der Waals surface area contributed by atoms with Crippen molar-refractivity contribution in [2.24, 2.45) is 0 Å². The Morgan fingerprint density at radius 2 is 0.517 bits per heavy atom. The fourth-order valence-corrected chi connectivity index (χ4v) is 2.62. The molecule has 0 amide bonds. The summed E-state index contributed by atoms with van der Waals surface area (Å²) in [5.41, 5.74) is 0. The molecule has 0 unspecified atom stereocenters. The molecule has 0 rings (SSSR count). The zero-order valence-corrected chi connectivity index (χ0v) is 22.4. The molecule has 0 aromatic rings. The largest absolute Gasteiger partial charge is 0.325 e. The number of unbranched alkanes of at least 4 members (excludes halogenated alkanes) is 15. The summed E-state index contributed by atoms with van der Waals surface area (Å²) in [4.78, 5) is 45.3. The van der Waals surface area contributed by atoms with E-state index in [9.17, 15) is 0 Å². The Labute approximate surface area is 199 Å². The summed E-state index contributed by atoms with van der Waals surface area (Å²) >= 11 is 7.21. The quantitative estimate of drug-likeness (QED) is 0.0888. The molecule has 6 N–H and O–H groups in total. The fraction of sp³-hybridized carbons (Fsp3) is 1.00. The van der Waals surface area contributed by atoms with Crippen LogP contribution in [0.3, 0.4) is 0 Å². The summed E-state index contributed by atoms with van der Waals surface area (Å²) in [6.45, 7) is -3.02. The van der Waals surface area contributed by atoms with E-state index in [2.05, 4.69) is 37.5 Å². The van der Waals surface area contributed by atoms with Crippen LogP contribution in [-0.2, 0) is 40.7 Å². The van der Waals surface area contributed by atoms with Gasteiger partial charge in [0, 0.05) is 17.1 Å². The molecule has 0 aromatic heterocycles. The molecule has 11 heteroatoms. The van der Waals surface area contributed by atoms with E-state index >= 15 is 0 Å². The summed E-state index contributed by atoms with van der Waals surface area (Å²) in [6.07, 6.45) is 23.4. The van der Waals surface area contributed by atoms with Crippen LogP contribution >= 0.6 is 13.4 Å². The van der Waals surface area contributed by atoms with Crippen LogP contribution < -0.4 is 0 Å². The zero-order valence-electron chi connectivity index (χ0n) is 18.0. The summed E-state index contributed by atoms with van der Waals surface area (Å²) in [6, 6.07) is 0. The van der Waals surface area contributed by atoms with Gasteiger partial charge < -0.3 is 29.4 Å². The third kappa shape index (κ3) is 81.9. The fourth-order valence-electron chi connectivity index (χ4n) is 2.62. The first-order valence-electron chi connectivity index (χ1n) is 10.5. The van der Waals surface area contributed by atoms with E-state index in [-0.39, 0.29) is 17.1 Å². The molecule has 0 saturated heterocycles. The Hall–Kier alpha value is 1.58. The van der Waals surface area contributed by atoms with E-state index in [1.54, 1.807) is 0 Å². The molecule has 0 atom stereocenters. The molecule has 0 aliphatic carbocycles. The SMILES string of the molecule is CCCCCCCCCCCCCCCCCC.OP(O)(O)=S.OP(O)(O)=S.[Cu]. The predicted octanol–water partition coefficient (Wildman–Crippen LogP) is 5.64. The van der Waals surface area contributed by atoms with Gasteiger partial charge in [-0.1, -0.05) is 117 Å². The van der Waals surface area contributed by atoms with Gasteiger partial charge in [0.2, 0.25) is 0 Å². The average molecular weight is 546 g/mol. The maximum absolute atomic E-state index is 7.56. The molecule has 0 spiro atoms. The minimum Gasteiger partial charge on any atom is -0.325 e. The van der Waals surface area contributed by atoms with Crippen LogP contribution in [0.2, 0.25) is 0 Å². The smallest absolute Gasteiger partial charge is 0.319 e. The van der Waals surface area contributed by atoms with Gasteiger partial charge in [0.15, 0.2) is 0 Å². The second-order valence-electron chi connectivity index (χ2n) is 6.98. The summed E-state index contributed by atoms with van der Waals surface area (Å²) < 4.78 is 0. The van der Waals surface area contributed by atoms with Gasteiger partial charge in [-0.25, -0.2) is 0 Å². The van der Waals surface area contributed by atoms with Gasteiger partial charge in [-0.3, -0.25) is 0 Å². The van der Waals surface area contributed by atoms with E-state index in [1.807, 2.05) is 0 Å². The van der Waals surface area contributed by atoms with Crippen LogP contribution in [0.15, 0.2) is 0 Å². The maximum atomic E-state index is 7.56. The van der Waals surface area contributed by atoms with Crippen LogP contribution in [0.25, 0.3) is 0 Å². The molecular weight excluding hydrogens is 502 g/mol. The Morgan fingerprint density at radius 1 is 0.414 bits per heavy atom. The normalized spacial score (nSPS) is 10.9.